The lowest BCUT2D eigenvalue weighted by molar-refractivity contribution is -0.137. The van der Waals surface area contributed by atoms with E-state index in [9.17, 15) is 4.79 Å². The highest BCUT2D eigenvalue weighted by molar-refractivity contribution is 5.87. The number of carbonyl (C=O) groups is 1. The molecule has 0 atom stereocenters. The third kappa shape index (κ3) is 11.0. The average molecular weight is 391 g/mol. The second-order valence-corrected chi connectivity index (χ2v) is 7.02. The van der Waals surface area contributed by atoms with Gasteiger partial charge in [-0.3, -0.25) is 0 Å². The average Bonchev–Trinajstić information content (AvgIpc) is 2.71. The quantitative estimate of drug-likeness (QED) is 0.182. The number of benzene rings is 1. The molecule has 28 heavy (non-hydrogen) atoms. The third-order valence-electron chi connectivity index (χ3n) is 4.35. The van der Waals surface area contributed by atoms with E-state index in [-0.39, 0.29) is 5.97 Å². The maximum absolute atomic E-state index is 11.7. The zero-order chi connectivity index (χ0) is 20.5. The van der Waals surface area contributed by atoms with E-state index in [1.165, 1.54) is 44.6 Å². The number of ether oxygens (including phenoxy) is 3. The normalized spacial score (nSPS) is 11.0. The Morgan fingerprint density at radius 2 is 1.50 bits per heavy atom. The van der Waals surface area contributed by atoms with Gasteiger partial charge in [0.05, 0.1) is 19.8 Å². The van der Waals surface area contributed by atoms with Gasteiger partial charge < -0.3 is 14.2 Å². The summed E-state index contributed by atoms with van der Waals surface area (Å²) in [4.78, 5) is 11.7. The van der Waals surface area contributed by atoms with Gasteiger partial charge in [-0.1, -0.05) is 59.3 Å². The van der Waals surface area contributed by atoms with E-state index in [1.807, 2.05) is 25.1 Å². The monoisotopic (exact) mass is 390 g/mol. The van der Waals surface area contributed by atoms with Crippen molar-refractivity contribution >= 4 is 12.0 Å². The molecule has 0 N–H and O–H groups in total. The van der Waals surface area contributed by atoms with Crippen molar-refractivity contribution in [3.8, 4) is 11.5 Å². The molecule has 0 spiro atoms. The lowest BCUT2D eigenvalue weighted by Gasteiger charge is -2.12. The molecule has 158 valence electrons. The summed E-state index contributed by atoms with van der Waals surface area (Å²) in [5, 5.41) is 0. The van der Waals surface area contributed by atoms with Crippen LogP contribution in [0.25, 0.3) is 6.08 Å². The maximum atomic E-state index is 11.7. The van der Waals surface area contributed by atoms with Crippen molar-refractivity contribution in [1.82, 2.24) is 0 Å². The second kappa shape index (κ2) is 16.0. The molecule has 0 radical (unpaired) electrons. The lowest BCUT2D eigenvalue weighted by atomic mass is 10.1. The van der Waals surface area contributed by atoms with Gasteiger partial charge in [-0.25, -0.2) is 4.79 Å². The van der Waals surface area contributed by atoms with Crippen LogP contribution in [0.4, 0.5) is 0 Å². The molecule has 1 aromatic rings. The summed E-state index contributed by atoms with van der Waals surface area (Å²) in [6.45, 7) is 8.20. The standard InChI is InChI=1S/C24H38O4/c1-4-7-9-11-18-26-22-15-13-21(14-16-24(25)28-17-6-3)23(20-22)27-19-12-10-8-5-2/h13-16,20H,4-12,17-19H2,1-3H3. The van der Waals surface area contributed by atoms with Gasteiger partial charge >= 0.3 is 5.97 Å². The minimum absolute atomic E-state index is 0.327. The molecule has 0 amide bonds. The SMILES string of the molecule is CCCCCCOc1ccc(C=CC(=O)OCCC)c(OCCCCCC)c1. The predicted molar refractivity (Wildman–Crippen MR) is 116 cm³/mol. The molecule has 0 fully saturated rings. The van der Waals surface area contributed by atoms with E-state index in [4.69, 9.17) is 14.2 Å². The van der Waals surface area contributed by atoms with Crippen LogP contribution < -0.4 is 9.47 Å². The van der Waals surface area contributed by atoms with Gasteiger partial charge in [-0.2, -0.15) is 0 Å². The van der Waals surface area contributed by atoms with E-state index in [0.29, 0.717) is 19.8 Å². The van der Waals surface area contributed by atoms with Crippen molar-refractivity contribution < 1.29 is 19.0 Å². The zero-order valence-corrected chi connectivity index (χ0v) is 18.0. The molecule has 0 aromatic heterocycles. The first-order valence-corrected chi connectivity index (χ1v) is 11.0. The summed E-state index contributed by atoms with van der Waals surface area (Å²) in [5.74, 6) is 1.24. The Morgan fingerprint density at radius 3 is 2.14 bits per heavy atom. The third-order valence-corrected chi connectivity index (χ3v) is 4.35. The number of carbonyl (C=O) groups excluding carboxylic acids is 1. The summed E-state index contributed by atoms with van der Waals surface area (Å²) >= 11 is 0. The van der Waals surface area contributed by atoms with Gasteiger partial charge in [0.1, 0.15) is 11.5 Å². The summed E-state index contributed by atoms with van der Waals surface area (Å²) in [7, 11) is 0. The van der Waals surface area contributed by atoms with Crippen LogP contribution in [-0.2, 0) is 9.53 Å². The molecule has 0 aliphatic heterocycles. The fourth-order valence-corrected chi connectivity index (χ4v) is 2.71. The Labute approximate surface area is 171 Å². The van der Waals surface area contributed by atoms with Crippen LogP contribution in [0.1, 0.15) is 84.1 Å². The van der Waals surface area contributed by atoms with Crippen LogP contribution in [-0.4, -0.2) is 25.8 Å². The number of unbranched alkanes of at least 4 members (excludes halogenated alkanes) is 6. The van der Waals surface area contributed by atoms with Crippen molar-refractivity contribution in [2.45, 2.75) is 78.6 Å². The van der Waals surface area contributed by atoms with Crippen molar-refractivity contribution in [3.05, 3.63) is 29.8 Å². The van der Waals surface area contributed by atoms with Gasteiger partial charge in [0, 0.05) is 17.7 Å². The largest absolute Gasteiger partial charge is 0.493 e. The first-order valence-electron chi connectivity index (χ1n) is 11.0. The highest BCUT2D eigenvalue weighted by Crippen LogP contribution is 2.27. The highest BCUT2D eigenvalue weighted by atomic mass is 16.5. The molecular weight excluding hydrogens is 352 g/mol. The van der Waals surface area contributed by atoms with Gasteiger partial charge in [-0.15, -0.1) is 0 Å². The summed E-state index contributed by atoms with van der Waals surface area (Å²) < 4.78 is 17.0. The van der Waals surface area contributed by atoms with Crippen molar-refractivity contribution in [2.75, 3.05) is 19.8 Å². The van der Waals surface area contributed by atoms with Crippen LogP contribution in [0.3, 0.4) is 0 Å². The molecule has 0 aliphatic carbocycles. The van der Waals surface area contributed by atoms with Gasteiger partial charge in [-0.05, 0) is 37.5 Å². The fourth-order valence-electron chi connectivity index (χ4n) is 2.71. The van der Waals surface area contributed by atoms with Crippen LogP contribution in [0.15, 0.2) is 24.3 Å². The van der Waals surface area contributed by atoms with Crippen LogP contribution in [0.5, 0.6) is 11.5 Å². The Morgan fingerprint density at radius 1 is 0.821 bits per heavy atom. The summed E-state index contributed by atoms with van der Waals surface area (Å²) in [6, 6.07) is 5.80. The molecule has 0 saturated carbocycles. The Balaban J connectivity index is 2.70. The van der Waals surface area contributed by atoms with Crippen LogP contribution in [0, 0.1) is 0 Å². The number of esters is 1. The molecule has 1 rings (SSSR count). The molecule has 4 heteroatoms. The van der Waals surface area contributed by atoms with Crippen molar-refractivity contribution in [2.24, 2.45) is 0 Å². The topological polar surface area (TPSA) is 44.8 Å². The maximum Gasteiger partial charge on any atom is 0.330 e. The Kier molecular flexibility index (Phi) is 13.8. The Hall–Kier alpha value is -1.97. The minimum Gasteiger partial charge on any atom is -0.493 e. The summed E-state index contributed by atoms with van der Waals surface area (Å²) in [6.07, 6.45) is 13.4. The van der Waals surface area contributed by atoms with E-state index in [1.54, 1.807) is 6.08 Å². The van der Waals surface area contributed by atoms with Gasteiger partial charge in [0.2, 0.25) is 0 Å². The predicted octanol–water partition coefficient (Wildman–Crippen LogP) is 6.57. The molecule has 0 aliphatic rings. The highest BCUT2D eigenvalue weighted by Gasteiger charge is 2.06. The van der Waals surface area contributed by atoms with Crippen LogP contribution in [0.2, 0.25) is 0 Å². The number of hydrogen-bond donors (Lipinski definition) is 0. The smallest absolute Gasteiger partial charge is 0.330 e. The molecule has 4 nitrogen and oxygen atoms in total. The number of rotatable bonds is 16. The molecule has 0 bridgehead atoms. The van der Waals surface area contributed by atoms with Crippen LogP contribution >= 0.6 is 0 Å². The molecular formula is C24H38O4. The van der Waals surface area contributed by atoms with E-state index >= 15 is 0 Å². The molecule has 0 unspecified atom stereocenters. The minimum atomic E-state index is -0.327. The lowest BCUT2D eigenvalue weighted by Crippen LogP contribution is -2.02. The van der Waals surface area contributed by atoms with Crippen molar-refractivity contribution in [3.63, 3.8) is 0 Å². The molecule has 0 saturated heterocycles. The fraction of sp³-hybridized carbons (Fsp3) is 0.625. The first-order chi connectivity index (χ1) is 13.7. The zero-order valence-electron chi connectivity index (χ0n) is 18.0. The number of hydrogen-bond acceptors (Lipinski definition) is 4. The van der Waals surface area contributed by atoms with E-state index < -0.39 is 0 Å². The molecule has 0 heterocycles. The molecule has 1 aromatic carbocycles. The van der Waals surface area contributed by atoms with Gasteiger partial charge in [0.25, 0.3) is 0 Å². The summed E-state index contributed by atoms with van der Waals surface area (Å²) in [5.41, 5.74) is 0.863. The van der Waals surface area contributed by atoms with E-state index in [0.717, 1.165) is 36.3 Å². The van der Waals surface area contributed by atoms with Crippen molar-refractivity contribution in [1.29, 1.82) is 0 Å². The van der Waals surface area contributed by atoms with E-state index in [2.05, 4.69) is 13.8 Å². The second-order valence-electron chi connectivity index (χ2n) is 7.02. The first kappa shape index (κ1) is 24.1. The Bertz CT molecular complexity index is 566. The van der Waals surface area contributed by atoms with Gasteiger partial charge in [0.15, 0.2) is 0 Å².